The van der Waals surface area contributed by atoms with Crippen molar-refractivity contribution in [2.24, 2.45) is 0 Å². The van der Waals surface area contributed by atoms with Gasteiger partial charge in [-0.05, 0) is 37.6 Å². The van der Waals surface area contributed by atoms with E-state index in [1.807, 2.05) is 55.5 Å². The zero-order valence-corrected chi connectivity index (χ0v) is 14.0. The van der Waals surface area contributed by atoms with E-state index in [1.165, 1.54) is 5.56 Å². The Morgan fingerprint density at radius 1 is 1.04 bits per heavy atom. The molecule has 0 amide bonds. The molecule has 1 atom stereocenters. The third-order valence-electron chi connectivity index (χ3n) is 3.96. The molecule has 0 aliphatic carbocycles. The van der Waals surface area contributed by atoms with Gasteiger partial charge < -0.3 is 15.7 Å². The van der Waals surface area contributed by atoms with Crippen LogP contribution >= 0.6 is 0 Å². The highest BCUT2D eigenvalue weighted by molar-refractivity contribution is 5.90. The lowest BCUT2D eigenvalue weighted by Crippen LogP contribution is -2.23. The number of aliphatic hydroxyl groups excluding tert-OH is 1. The summed E-state index contributed by atoms with van der Waals surface area (Å²) in [5.74, 6) is 1.27. The molecule has 0 spiro atoms. The quantitative estimate of drug-likeness (QED) is 0.643. The number of nitrogens with zero attached hydrogens (tertiary/aromatic N) is 2. The highest BCUT2D eigenvalue weighted by Crippen LogP contribution is 2.24. The van der Waals surface area contributed by atoms with Crippen molar-refractivity contribution in [3.8, 4) is 0 Å². The topological polar surface area (TPSA) is 70.1 Å². The van der Waals surface area contributed by atoms with Gasteiger partial charge in [0.25, 0.3) is 0 Å². The summed E-state index contributed by atoms with van der Waals surface area (Å²) in [6.45, 7) is 4.15. The van der Waals surface area contributed by atoms with Crippen LogP contribution in [-0.4, -0.2) is 27.7 Å². The van der Waals surface area contributed by atoms with Crippen LogP contribution in [0.1, 0.15) is 18.9 Å². The normalized spacial score (nSPS) is 12.1. The van der Waals surface area contributed by atoms with Gasteiger partial charge in [-0.2, -0.15) is 4.98 Å². The first-order valence-corrected chi connectivity index (χ1v) is 8.17. The van der Waals surface area contributed by atoms with Gasteiger partial charge in [-0.15, -0.1) is 0 Å². The number of fused-ring (bicyclic) bond motifs is 1. The summed E-state index contributed by atoms with van der Waals surface area (Å²) < 4.78 is 0. The molecule has 0 saturated heterocycles. The maximum absolute atomic E-state index is 9.47. The minimum Gasteiger partial charge on any atom is -0.394 e. The fourth-order valence-electron chi connectivity index (χ4n) is 2.48. The van der Waals surface area contributed by atoms with Crippen molar-refractivity contribution in [1.82, 2.24) is 9.97 Å². The molecule has 124 valence electrons. The van der Waals surface area contributed by atoms with E-state index in [1.54, 1.807) is 0 Å². The lowest BCUT2D eigenvalue weighted by Gasteiger charge is -2.17. The Labute approximate surface area is 141 Å². The van der Waals surface area contributed by atoms with Gasteiger partial charge >= 0.3 is 0 Å². The zero-order chi connectivity index (χ0) is 16.9. The molecule has 3 rings (SSSR count). The number of para-hydroxylation sites is 1. The number of hydrogen-bond acceptors (Lipinski definition) is 5. The summed E-state index contributed by atoms with van der Waals surface area (Å²) in [4.78, 5) is 9.20. The molecule has 2 aromatic carbocycles. The molecule has 0 aliphatic heterocycles. The maximum Gasteiger partial charge on any atom is 0.229 e. The number of anilines is 3. The second-order valence-electron chi connectivity index (χ2n) is 5.84. The van der Waals surface area contributed by atoms with Gasteiger partial charge in [0.1, 0.15) is 5.82 Å². The molecule has 0 radical (unpaired) electrons. The Hall–Kier alpha value is -2.66. The van der Waals surface area contributed by atoms with E-state index in [9.17, 15) is 5.11 Å². The Balaban J connectivity index is 1.97. The van der Waals surface area contributed by atoms with Crippen molar-refractivity contribution in [1.29, 1.82) is 0 Å². The first-order chi connectivity index (χ1) is 11.7. The van der Waals surface area contributed by atoms with Gasteiger partial charge in [-0.25, -0.2) is 4.98 Å². The van der Waals surface area contributed by atoms with Gasteiger partial charge in [-0.3, -0.25) is 0 Å². The summed E-state index contributed by atoms with van der Waals surface area (Å²) in [6, 6.07) is 15.9. The van der Waals surface area contributed by atoms with Crippen molar-refractivity contribution >= 4 is 28.4 Å². The third-order valence-corrected chi connectivity index (χ3v) is 3.96. The average molecular weight is 322 g/mol. The molecule has 0 bridgehead atoms. The molecule has 3 aromatic rings. The maximum atomic E-state index is 9.47. The van der Waals surface area contributed by atoms with Gasteiger partial charge in [-0.1, -0.05) is 36.8 Å². The molecule has 5 heteroatoms. The van der Waals surface area contributed by atoms with Gasteiger partial charge in [0.2, 0.25) is 5.95 Å². The molecule has 0 aliphatic rings. The fourth-order valence-corrected chi connectivity index (χ4v) is 2.48. The van der Waals surface area contributed by atoms with E-state index < -0.39 is 0 Å². The number of aromatic nitrogens is 2. The summed E-state index contributed by atoms with van der Waals surface area (Å²) in [7, 11) is 0. The molecule has 1 unspecified atom stereocenters. The van der Waals surface area contributed by atoms with Crippen LogP contribution in [0.15, 0.2) is 48.5 Å². The van der Waals surface area contributed by atoms with Crippen molar-refractivity contribution in [3.63, 3.8) is 0 Å². The standard InChI is InChI=1S/C19H22N4O/c1-3-14(12-24)20-18-16-6-4-5-7-17(16)22-19(23-18)21-15-10-8-13(2)9-11-15/h4-11,14,24H,3,12H2,1-2H3,(H2,20,21,22,23). The third kappa shape index (κ3) is 3.63. The van der Waals surface area contributed by atoms with Crippen LogP contribution in [0.4, 0.5) is 17.5 Å². The Bertz CT molecular complexity index is 813. The summed E-state index contributed by atoms with van der Waals surface area (Å²) in [6.07, 6.45) is 0.815. The smallest absolute Gasteiger partial charge is 0.229 e. The molecule has 0 fully saturated rings. The van der Waals surface area contributed by atoms with Gasteiger partial charge in [0, 0.05) is 11.1 Å². The largest absolute Gasteiger partial charge is 0.394 e. The van der Waals surface area contributed by atoms with Gasteiger partial charge in [0.15, 0.2) is 0 Å². The van der Waals surface area contributed by atoms with Crippen LogP contribution in [0.5, 0.6) is 0 Å². The fraction of sp³-hybridized carbons (Fsp3) is 0.263. The predicted molar refractivity (Wildman–Crippen MR) is 98.8 cm³/mol. The second-order valence-corrected chi connectivity index (χ2v) is 5.84. The molecule has 1 aromatic heterocycles. The van der Waals surface area contributed by atoms with Crippen LogP contribution in [0, 0.1) is 6.92 Å². The minimum absolute atomic E-state index is 0.0319. The average Bonchev–Trinajstić information content (AvgIpc) is 2.61. The van der Waals surface area contributed by atoms with Crippen LogP contribution < -0.4 is 10.6 Å². The SMILES string of the molecule is CCC(CO)Nc1nc(Nc2ccc(C)cc2)nc2ccccc12. The number of aliphatic hydroxyl groups is 1. The summed E-state index contributed by atoms with van der Waals surface area (Å²) in [5.41, 5.74) is 3.00. The first-order valence-electron chi connectivity index (χ1n) is 8.17. The molecule has 3 N–H and O–H groups in total. The van der Waals surface area contributed by atoms with Crippen molar-refractivity contribution in [2.75, 3.05) is 17.2 Å². The van der Waals surface area contributed by atoms with E-state index in [0.29, 0.717) is 5.95 Å². The number of hydrogen-bond donors (Lipinski definition) is 3. The highest BCUT2D eigenvalue weighted by atomic mass is 16.3. The molecule has 5 nitrogen and oxygen atoms in total. The van der Waals surface area contributed by atoms with Crippen molar-refractivity contribution < 1.29 is 5.11 Å². The van der Waals surface area contributed by atoms with Crippen LogP contribution in [-0.2, 0) is 0 Å². The van der Waals surface area contributed by atoms with E-state index >= 15 is 0 Å². The summed E-state index contributed by atoms with van der Waals surface area (Å²) in [5, 5.41) is 17.0. The number of aryl methyl sites for hydroxylation is 1. The predicted octanol–water partition coefficient (Wildman–Crippen LogP) is 3.86. The van der Waals surface area contributed by atoms with E-state index in [0.717, 1.165) is 28.8 Å². The number of rotatable bonds is 6. The van der Waals surface area contributed by atoms with Crippen molar-refractivity contribution in [3.05, 3.63) is 54.1 Å². The van der Waals surface area contributed by atoms with E-state index in [2.05, 4.69) is 27.5 Å². The minimum atomic E-state index is -0.0319. The summed E-state index contributed by atoms with van der Waals surface area (Å²) >= 11 is 0. The number of benzene rings is 2. The molecule has 1 heterocycles. The van der Waals surface area contributed by atoms with Crippen LogP contribution in [0.3, 0.4) is 0 Å². The second kappa shape index (κ2) is 7.27. The first kappa shape index (κ1) is 16.2. The monoisotopic (exact) mass is 322 g/mol. The van der Waals surface area contributed by atoms with Gasteiger partial charge in [0.05, 0.1) is 18.2 Å². The highest BCUT2D eigenvalue weighted by Gasteiger charge is 2.11. The number of nitrogens with one attached hydrogen (secondary N) is 2. The Morgan fingerprint density at radius 2 is 1.79 bits per heavy atom. The lowest BCUT2D eigenvalue weighted by molar-refractivity contribution is 0.271. The molecular formula is C19H22N4O. The van der Waals surface area contributed by atoms with Crippen molar-refractivity contribution in [2.45, 2.75) is 26.3 Å². The molecule has 24 heavy (non-hydrogen) atoms. The Kier molecular flexibility index (Phi) is 4.91. The van der Waals surface area contributed by atoms with Crippen LogP contribution in [0.2, 0.25) is 0 Å². The van der Waals surface area contributed by atoms with E-state index in [4.69, 9.17) is 0 Å². The Morgan fingerprint density at radius 3 is 2.50 bits per heavy atom. The zero-order valence-electron chi connectivity index (χ0n) is 14.0. The molecular weight excluding hydrogens is 300 g/mol. The molecule has 0 saturated carbocycles. The lowest BCUT2D eigenvalue weighted by atomic mass is 10.2. The van der Waals surface area contributed by atoms with Crippen LogP contribution in [0.25, 0.3) is 10.9 Å². The van der Waals surface area contributed by atoms with E-state index in [-0.39, 0.29) is 12.6 Å².